The van der Waals surface area contributed by atoms with E-state index in [1.54, 1.807) is 13.8 Å². The molecule has 1 rings (SSSR count). The molecule has 0 N–H and O–H groups in total. The van der Waals surface area contributed by atoms with E-state index in [9.17, 15) is 13.6 Å². The number of halogens is 2. The Labute approximate surface area is 63.5 Å². The largest absolute Gasteiger partial charge is 0.456 e. The third kappa shape index (κ3) is 1.88. The molecule has 0 spiro atoms. The molecule has 0 aliphatic heterocycles. The zero-order valence-corrected chi connectivity index (χ0v) is 6.43. The minimum Gasteiger partial charge on any atom is -0.456 e. The van der Waals surface area contributed by atoms with Gasteiger partial charge in [0.1, 0.15) is 0 Å². The Morgan fingerprint density at radius 1 is 1.64 bits per heavy atom. The number of carbonyl (C=O) groups excluding carboxylic acids is 1. The van der Waals surface area contributed by atoms with Crippen LogP contribution in [0.1, 0.15) is 20.3 Å². The first kappa shape index (κ1) is 8.43. The van der Waals surface area contributed by atoms with Crippen LogP contribution in [-0.4, -0.2) is 18.0 Å². The number of esters is 1. The van der Waals surface area contributed by atoms with Gasteiger partial charge in [0.2, 0.25) is 0 Å². The minimum absolute atomic E-state index is 0.314. The van der Waals surface area contributed by atoms with E-state index in [4.69, 9.17) is 0 Å². The molecule has 1 aliphatic rings. The van der Waals surface area contributed by atoms with Gasteiger partial charge in [0.25, 0.3) is 5.92 Å². The summed E-state index contributed by atoms with van der Waals surface area (Å²) < 4.78 is 28.7. The van der Waals surface area contributed by atoms with Gasteiger partial charge in [-0.2, -0.15) is 0 Å². The Morgan fingerprint density at radius 3 is 2.36 bits per heavy atom. The molecule has 1 fully saturated rings. The second kappa shape index (κ2) is 2.43. The van der Waals surface area contributed by atoms with Gasteiger partial charge in [0, 0.05) is 0 Å². The quantitative estimate of drug-likeness (QED) is 0.579. The summed E-state index contributed by atoms with van der Waals surface area (Å²) in [5.41, 5.74) is 0. The average Bonchev–Trinajstić information content (AvgIpc) is 2.39. The van der Waals surface area contributed by atoms with Crippen molar-refractivity contribution in [1.82, 2.24) is 0 Å². The van der Waals surface area contributed by atoms with Crippen molar-refractivity contribution in [3.63, 3.8) is 0 Å². The third-order valence-electron chi connectivity index (χ3n) is 1.50. The Morgan fingerprint density at radius 2 is 2.09 bits per heavy atom. The lowest BCUT2D eigenvalue weighted by Gasteiger charge is -2.04. The maximum Gasteiger partial charge on any atom is 0.308 e. The highest BCUT2D eigenvalue weighted by atomic mass is 19.3. The van der Waals surface area contributed by atoms with Crippen LogP contribution in [0.25, 0.3) is 0 Å². The van der Waals surface area contributed by atoms with Gasteiger partial charge in [0.15, 0.2) is 6.10 Å². The summed E-state index contributed by atoms with van der Waals surface area (Å²) in [4.78, 5) is 10.7. The maximum atomic E-state index is 12.1. The molecule has 0 bridgehead atoms. The van der Waals surface area contributed by atoms with Crippen LogP contribution in [-0.2, 0) is 9.53 Å². The fourth-order valence-electron chi connectivity index (χ4n) is 0.592. The molecular formula is C7H10F2O2. The molecule has 1 aliphatic carbocycles. The second-order valence-corrected chi connectivity index (χ2v) is 3.05. The van der Waals surface area contributed by atoms with Crippen LogP contribution in [0, 0.1) is 5.92 Å². The molecule has 0 radical (unpaired) electrons. The molecule has 1 saturated carbocycles. The van der Waals surface area contributed by atoms with Crippen molar-refractivity contribution in [2.24, 2.45) is 5.92 Å². The Bertz CT molecular complexity index is 177. The lowest BCUT2D eigenvalue weighted by atomic mass is 10.2. The van der Waals surface area contributed by atoms with Crippen LogP contribution < -0.4 is 0 Å². The van der Waals surface area contributed by atoms with E-state index in [1.807, 2.05) is 0 Å². The number of hydrogen-bond donors (Lipinski definition) is 0. The van der Waals surface area contributed by atoms with Crippen LogP contribution in [0.15, 0.2) is 0 Å². The average molecular weight is 164 g/mol. The first-order chi connectivity index (χ1) is 4.93. The normalized spacial score (nSPS) is 26.8. The SMILES string of the molecule is CC(C)C(=O)OC1CC1(F)F. The molecule has 0 saturated heterocycles. The summed E-state index contributed by atoms with van der Waals surface area (Å²) in [5.74, 6) is -3.64. The topological polar surface area (TPSA) is 26.3 Å². The van der Waals surface area contributed by atoms with E-state index in [-0.39, 0.29) is 12.3 Å². The van der Waals surface area contributed by atoms with E-state index < -0.39 is 18.0 Å². The van der Waals surface area contributed by atoms with Crippen molar-refractivity contribution < 1.29 is 18.3 Å². The summed E-state index contributed by atoms with van der Waals surface area (Å²) in [6.07, 6.45) is -1.47. The summed E-state index contributed by atoms with van der Waals surface area (Å²) in [5, 5.41) is 0. The fraction of sp³-hybridized carbons (Fsp3) is 0.857. The predicted octanol–water partition coefficient (Wildman–Crippen LogP) is 1.59. The molecule has 0 heterocycles. The number of rotatable bonds is 2. The van der Waals surface area contributed by atoms with E-state index >= 15 is 0 Å². The van der Waals surface area contributed by atoms with Crippen LogP contribution in [0.4, 0.5) is 8.78 Å². The molecule has 0 aromatic heterocycles. The molecule has 2 nitrogen and oxygen atoms in total. The van der Waals surface area contributed by atoms with Crippen molar-refractivity contribution in [1.29, 1.82) is 0 Å². The highest BCUT2D eigenvalue weighted by molar-refractivity contribution is 5.72. The lowest BCUT2D eigenvalue weighted by Crippen LogP contribution is -2.16. The van der Waals surface area contributed by atoms with Crippen LogP contribution in [0.5, 0.6) is 0 Å². The van der Waals surface area contributed by atoms with Gasteiger partial charge >= 0.3 is 5.97 Å². The van der Waals surface area contributed by atoms with Gasteiger partial charge in [-0.05, 0) is 0 Å². The lowest BCUT2D eigenvalue weighted by molar-refractivity contribution is -0.152. The zero-order chi connectivity index (χ0) is 8.65. The van der Waals surface area contributed by atoms with Gasteiger partial charge in [-0.1, -0.05) is 13.8 Å². The third-order valence-corrected chi connectivity index (χ3v) is 1.50. The van der Waals surface area contributed by atoms with Gasteiger partial charge in [0.05, 0.1) is 12.3 Å². The van der Waals surface area contributed by atoms with Crippen molar-refractivity contribution in [2.75, 3.05) is 0 Å². The summed E-state index contributed by atoms with van der Waals surface area (Å²) in [6.45, 7) is 3.23. The molecule has 4 heteroatoms. The van der Waals surface area contributed by atoms with E-state index in [2.05, 4.69) is 4.74 Å². The highest BCUT2D eigenvalue weighted by Crippen LogP contribution is 2.44. The standard InChI is InChI=1S/C7H10F2O2/c1-4(2)6(10)11-5-3-7(5,8)9/h4-5H,3H2,1-2H3. The molecule has 1 atom stereocenters. The van der Waals surface area contributed by atoms with Gasteiger partial charge in [-0.3, -0.25) is 4.79 Å². The van der Waals surface area contributed by atoms with Crippen LogP contribution >= 0.6 is 0 Å². The molecule has 64 valence electrons. The van der Waals surface area contributed by atoms with Crippen molar-refractivity contribution >= 4 is 5.97 Å². The Hall–Kier alpha value is -0.670. The molecule has 11 heavy (non-hydrogen) atoms. The number of alkyl halides is 2. The van der Waals surface area contributed by atoms with Crippen LogP contribution in [0.2, 0.25) is 0 Å². The van der Waals surface area contributed by atoms with Crippen molar-refractivity contribution in [3.8, 4) is 0 Å². The molecule has 0 amide bonds. The molecule has 0 aromatic rings. The zero-order valence-electron chi connectivity index (χ0n) is 6.43. The van der Waals surface area contributed by atoms with Crippen LogP contribution in [0.3, 0.4) is 0 Å². The molecular weight excluding hydrogens is 154 g/mol. The fourth-order valence-corrected chi connectivity index (χ4v) is 0.592. The number of ether oxygens (including phenoxy) is 1. The summed E-state index contributed by atoms with van der Waals surface area (Å²) in [7, 11) is 0. The minimum atomic E-state index is -2.76. The number of carbonyl (C=O) groups is 1. The van der Waals surface area contributed by atoms with Crippen molar-refractivity contribution in [2.45, 2.75) is 32.3 Å². The van der Waals surface area contributed by atoms with E-state index in [0.29, 0.717) is 0 Å². The molecule has 0 aromatic carbocycles. The predicted molar refractivity (Wildman–Crippen MR) is 34.3 cm³/mol. The maximum absolute atomic E-state index is 12.1. The Balaban J connectivity index is 2.29. The van der Waals surface area contributed by atoms with E-state index in [1.165, 1.54) is 0 Å². The van der Waals surface area contributed by atoms with Crippen molar-refractivity contribution in [3.05, 3.63) is 0 Å². The Kier molecular flexibility index (Phi) is 1.86. The van der Waals surface area contributed by atoms with E-state index in [0.717, 1.165) is 0 Å². The smallest absolute Gasteiger partial charge is 0.308 e. The second-order valence-electron chi connectivity index (χ2n) is 3.05. The van der Waals surface area contributed by atoms with Gasteiger partial charge in [-0.15, -0.1) is 0 Å². The first-order valence-corrected chi connectivity index (χ1v) is 3.52. The summed E-state index contributed by atoms with van der Waals surface area (Å²) >= 11 is 0. The highest BCUT2D eigenvalue weighted by Gasteiger charge is 2.60. The molecule has 1 unspecified atom stereocenters. The van der Waals surface area contributed by atoms with Gasteiger partial charge in [-0.25, -0.2) is 8.78 Å². The first-order valence-electron chi connectivity index (χ1n) is 3.52. The number of hydrogen-bond acceptors (Lipinski definition) is 2. The van der Waals surface area contributed by atoms with Gasteiger partial charge < -0.3 is 4.74 Å². The monoisotopic (exact) mass is 164 g/mol. The summed E-state index contributed by atoms with van der Waals surface area (Å²) in [6, 6.07) is 0.